The lowest BCUT2D eigenvalue weighted by molar-refractivity contribution is -0.167. The smallest absolute Gasteiger partial charge is 0.306 e. The normalized spacial score (nSPS) is 51.4. The van der Waals surface area contributed by atoms with Gasteiger partial charge >= 0.3 is 5.97 Å². The summed E-state index contributed by atoms with van der Waals surface area (Å²) in [5.74, 6) is 6.97. The molecule has 0 N–H and O–H groups in total. The van der Waals surface area contributed by atoms with Crippen molar-refractivity contribution in [1.82, 2.24) is 0 Å². The minimum atomic E-state index is -0.111. The van der Waals surface area contributed by atoms with Crippen LogP contribution in [0.4, 0.5) is 0 Å². The molecule has 0 aliphatic heterocycles. The Hall–Kier alpha value is -0.530. The Balaban J connectivity index is 1.08. The highest BCUT2D eigenvalue weighted by Crippen LogP contribution is 2.68. The van der Waals surface area contributed by atoms with E-state index in [0.29, 0.717) is 29.1 Å². The summed E-state index contributed by atoms with van der Waals surface area (Å²) in [6.45, 7) is 10.1. The van der Waals surface area contributed by atoms with Crippen molar-refractivity contribution in [2.45, 2.75) is 142 Å². The van der Waals surface area contributed by atoms with Gasteiger partial charge in [0.1, 0.15) is 5.60 Å². The largest absolute Gasteiger partial charge is 0.459 e. The van der Waals surface area contributed by atoms with Gasteiger partial charge in [0.05, 0.1) is 0 Å². The number of fused-ring (bicyclic) bond motifs is 7. The topological polar surface area (TPSA) is 26.3 Å². The Morgan fingerprint density at radius 1 is 0.886 bits per heavy atom. The quantitative estimate of drug-likeness (QED) is 0.353. The van der Waals surface area contributed by atoms with Gasteiger partial charge in [0.15, 0.2) is 0 Å². The van der Waals surface area contributed by atoms with Gasteiger partial charge < -0.3 is 4.74 Å². The average molecular weight is 483 g/mol. The fourth-order valence-electron chi connectivity index (χ4n) is 12.1. The third-order valence-corrected chi connectivity index (χ3v) is 14.0. The van der Waals surface area contributed by atoms with E-state index in [2.05, 4.69) is 27.7 Å². The highest BCUT2D eigenvalue weighted by Gasteiger charge is 2.60. The minimum Gasteiger partial charge on any atom is -0.459 e. The van der Waals surface area contributed by atoms with Crippen LogP contribution in [0.15, 0.2) is 0 Å². The molecular weight excluding hydrogens is 428 g/mol. The van der Waals surface area contributed by atoms with E-state index in [9.17, 15) is 4.79 Å². The van der Waals surface area contributed by atoms with Gasteiger partial charge in [-0.1, -0.05) is 40.5 Å². The van der Waals surface area contributed by atoms with Gasteiger partial charge in [0.2, 0.25) is 0 Å². The molecule has 6 saturated carbocycles. The van der Waals surface area contributed by atoms with E-state index in [1.807, 2.05) is 0 Å². The van der Waals surface area contributed by atoms with Crippen molar-refractivity contribution in [2.75, 3.05) is 0 Å². The zero-order valence-electron chi connectivity index (χ0n) is 23.5. The van der Waals surface area contributed by atoms with Crippen LogP contribution in [0.3, 0.4) is 0 Å². The number of ether oxygens (including phenoxy) is 1. The summed E-state index contributed by atoms with van der Waals surface area (Å²) in [6, 6.07) is 0. The molecule has 0 aromatic heterocycles. The van der Waals surface area contributed by atoms with E-state index >= 15 is 0 Å². The molecule has 198 valence electrons. The van der Waals surface area contributed by atoms with E-state index in [-0.39, 0.29) is 11.6 Å². The first-order valence-electron chi connectivity index (χ1n) is 16.0. The van der Waals surface area contributed by atoms with Gasteiger partial charge in [-0.25, -0.2) is 0 Å². The molecule has 2 heteroatoms. The highest BCUT2D eigenvalue weighted by atomic mass is 16.6. The fourth-order valence-corrected chi connectivity index (χ4v) is 12.1. The SMILES string of the molecule is CCC1(OC(=O)CC[C@@H](C)[C@H]2CC[C@H]3[C@@H]4CCC5CCCC[C@]5(C)[C@H]4CC[C@]23C)CC2CCC1C2. The first kappa shape index (κ1) is 24.8. The maximum Gasteiger partial charge on any atom is 0.306 e. The lowest BCUT2D eigenvalue weighted by Crippen LogP contribution is -2.53. The molecule has 6 aliphatic rings. The Bertz CT molecular complexity index is 805. The molecule has 2 bridgehead atoms. The number of rotatable bonds is 6. The predicted molar refractivity (Wildman–Crippen MR) is 143 cm³/mol. The molecule has 0 heterocycles. The third-order valence-electron chi connectivity index (χ3n) is 14.0. The molecule has 0 aromatic rings. The van der Waals surface area contributed by atoms with Crippen LogP contribution in [-0.4, -0.2) is 11.6 Å². The molecule has 0 amide bonds. The zero-order chi connectivity index (χ0) is 24.4. The molecule has 6 fully saturated rings. The molecule has 0 aromatic carbocycles. The summed E-state index contributed by atoms with van der Waals surface area (Å²) < 4.78 is 6.32. The number of hydrogen-bond donors (Lipinski definition) is 0. The van der Waals surface area contributed by atoms with E-state index in [1.165, 1.54) is 83.5 Å². The number of carbonyl (C=O) groups is 1. The van der Waals surface area contributed by atoms with Gasteiger partial charge in [0.25, 0.3) is 0 Å². The van der Waals surface area contributed by atoms with Crippen LogP contribution in [0.1, 0.15) is 137 Å². The van der Waals surface area contributed by atoms with Crippen LogP contribution < -0.4 is 0 Å². The van der Waals surface area contributed by atoms with Gasteiger partial charge in [-0.05, 0) is 148 Å². The van der Waals surface area contributed by atoms with Crippen LogP contribution in [-0.2, 0) is 9.53 Å². The van der Waals surface area contributed by atoms with E-state index in [4.69, 9.17) is 4.74 Å². The lowest BCUT2D eigenvalue weighted by Gasteiger charge is -2.61. The summed E-state index contributed by atoms with van der Waals surface area (Å²) in [6.07, 6.45) is 22.6. The fraction of sp³-hybridized carbons (Fsp3) is 0.970. The van der Waals surface area contributed by atoms with Crippen LogP contribution in [0.25, 0.3) is 0 Å². The van der Waals surface area contributed by atoms with Crippen molar-refractivity contribution in [3.05, 3.63) is 0 Å². The monoisotopic (exact) mass is 482 g/mol. The van der Waals surface area contributed by atoms with E-state index in [0.717, 1.165) is 54.8 Å². The molecule has 0 saturated heterocycles. The summed E-state index contributed by atoms with van der Waals surface area (Å²) >= 11 is 0. The van der Waals surface area contributed by atoms with Gasteiger partial charge in [-0.15, -0.1) is 0 Å². The van der Waals surface area contributed by atoms with Crippen molar-refractivity contribution in [1.29, 1.82) is 0 Å². The molecule has 6 aliphatic carbocycles. The second-order valence-corrected chi connectivity index (χ2v) is 15.1. The molecule has 6 rings (SSSR count). The third kappa shape index (κ3) is 3.88. The molecule has 35 heavy (non-hydrogen) atoms. The van der Waals surface area contributed by atoms with Crippen molar-refractivity contribution in [2.24, 2.45) is 58.2 Å². The average Bonchev–Trinajstić information content (AvgIpc) is 3.55. The maximum absolute atomic E-state index is 13.1. The zero-order valence-corrected chi connectivity index (χ0v) is 23.5. The van der Waals surface area contributed by atoms with Crippen LogP contribution in [0, 0.1) is 58.2 Å². The van der Waals surface area contributed by atoms with E-state index < -0.39 is 0 Å². The van der Waals surface area contributed by atoms with E-state index in [1.54, 1.807) is 0 Å². The van der Waals surface area contributed by atoms with Crippen LogP contribution in [0.5, 0.6) is 0 Å². The summed E-state index contributed by atoms with van der Waals surface area (Å²) in [5.41, 5.74) is 1.04. The minimum absolute atomic E-state index is 0.109. The maximum atomic E-state index is 13.1. The molecular formula is C33H54O2. The highest BCUT2D eigenvalue weighted by molar-refractivity contribution is 5.70. The Morgan fingerprint density at radius 3 is 2.43 bits per heavy atom. The first-order chi connectivity index (χ1) is 16.8. The summed E-state index contributed by atoms with van der Waals surface area (Å²) in [4.78, 5) is 13.1. The van der Waals surface area contributed by atoms with Crippen LogP contribution in [0.2, 0.25) is 0 Å². The van der Waals surface area contributed by atoms with Crippen molar-refractivity contribution in [3.8, 4) is 0 Å². The number of carbonyl (C=O) groups excluding carboxylic acids is 1. The summed E-state index contributed by atoms with van der Waals surface area (Å²) in [7, 11) is 0. The van der Waals surface area contributed by atoms with Gasteiger partial charge in [-0.3, -0.25) is 4.79 Å². The standard InChI is InChI=1S/C33H54O2/c1-5-33(21-23-10-11-25(33)20-23)35-30(34)16-9-22(2)27-14-15-28-26-13-12-24-8-6-7-18-31(24,3)29(26)17-19-32(27,28)4/h22-29H,5-21H2,1-4H3/t22-,23?,24?,25?,26+,27-,28+,29+,31+,32-,33?/m1/s1. The first-order valence-corrected chi connectivity index (χ1v) is 16.0. The molecule has 11 atom stereocenters. The molecule has 4 unspecified atom stereocenters. The van der Waals surface area contributed by atoms with Gasteiger partial charge in [0, 0.05) is 6.42 Å². The van der Waals surface area contributed by atoms with Crippen molar-refractivity contribution >= 4 is 5.97 Å². The van der Waals surface area contributed by atoms with Crippen molar-refractivity contribution < 1.29 is 9.53 Å². The second kappa shape index (κ2) is 9.04. The number of hydrogen-bond acceptors (Lipinski definition) is 2. The van der Waals surface area contributed by atoms with Crippen molar-refractivity contribution in [3.63, 3.8) is 0 Å². The molecule has 0 radical (unpaired) electrons. The van der Waals surface area contributed by atoms with Crippen LogP contribution >= 0.6 is 0 Å². The second-order valence-electron chi connectivity index (χ2n) is 15.1. The van der Waals surface area contributed by atoms with Gasteiger partial charge in [-0.2, -0.15) is 0 Å². The molecule has 2 nitrogen and oxygen atoms in total. The Morgan fingerprint density at radius 2 is 1.69 bits per heavy atom. The Labute approximate surface area is 216 Å². The Kier molecular flexibility index (Phi) is 6.40. The summed E-state index contributed by atoms with van der Waals surface area (Å²) in [5, 5.41) is 0. The molecule has 0 spiro atoms. The predicted octanol–water partition coefficient (Wildman–Crippen LogP) is 8.96. The number of esters is 1. The lowest BCUT2D eigenvalue weighted by atomic mass is 9.44.